The van der Waals surface area contributed by atoms with Crippen molar-refractivity contribution in [3.8, 4) is 0 Å². The number of rotatable bonds is 1. The van der Waals surface area contributed by atoms with Crippen molar-refractivity contribution in [2.24, 2.45) is 28.1 Å². The number of hydrogen-bond donors (Lipinski definition) is 1. The molecule has 4 rings (SSSR count). The van der Waals surface area contributed by atoms with Crippen LogP contribution in [0.25, 0.3) is 0 Å². The van der Waals surface area contributed by atoms with E-state index in [0.29, 0.717) is 17.3 Å². The molecule has 0 aromatic rings. The normalized spacial score (nSPS) is 58.9. The molecule has 2 heteroatoms. The first-order valence-electron chi connectivity index (χ1n) is 6.53. The molecule has 4 aliphatic carbocycles. The summed E-state index contributed by atoms with van der Waals surface area (Å²) in [7, 11) is 0. The number of carboxylic acids is 1. The maximum atomic E-state index is 11.7. The molecule has 4 bridgehead atoms. The lowest BCUT2D eigenvalue weighted by Crippen LogP contribution is -2.62. The van der Waals surface area contributed by atoms with Gasteiger partial charge >= 0.3 is 5.97 Å². The zero-order valence-electron chi connectivity index (χ0n) is 10.5. The molecule has 90 valence electrons. The number of aliphatic carboxylic acids is 1. The van der Waals surface area contributed by atoms with Crippen molar-refractivity contribution in [3.63, 3.8) is 0 Å². The first-order valence-corrected chi connectivity index (χ1v) is 6.53. The van der Waals surface area contributed by atoms with Crippen LogP contribution in [0, 0.1) is 28.1 Å². The first-order chi connectivity index (χ1) is 7.30. The van der Waals surface area contributed by atoms with Gasteiger partial charge in [-0.2, -0.15) is 0 Å². The first kappa shape index (κ1) is 10.6. The smallest absolute Gasteiger partial charge is 0.309 e. The summed E-state index contributed by atoms with van der Waals surface area (Å²) in [5.41, 5.74) is 0.191. The van der Waals surface area contributed by atoms with Crippen molar-refractivity contribution in [1.82, 2.24) is 0 Å². The SMILES string of the molecule is CC1C2(C)CC3CC(C)(C2)CC1(C(=O)O)C3. The fourth-order valence-electron chi connectivity index (χ4n) is 5.85. The Bertz CT molecular complexity index is 364. The zero-order valence-corrected chi connectivity index (χ0v) is 10.5. The fourth-order valence-corrected chi connectivity index (χ4v) is 5.85. The van der Waals surface area contributed by atoms with E-state index in [-0.39, 0.29) is 5.41 Å². The van der Waals surface area contributed by atoms with E-state index in [1.807, 2.05) is 0 Å². The predicted molar refractivity (Wildman–Crippen MR) is 62.0 cm³/mol. The Hall–Kier alpha value is -0.530. The Kier molecular flexibility index (Phi) is 1.76. The highest BCUT2D eigenvalue weighted by molar-refractivity contribution is 5.76. The van der Waals surface area contributed by atoms with Gasteiger partial charge in [0.15, 0.2) is 0 Å². The lowest BCUT2D eigenvalue weighted by atomic mass is 9.37. The highest BCUT2D eigenvalue weighted by atomic mass is 16.4. The van der Waals surface area contributed by atoms with Crippen LogP contribution in [-0.2, 0) is 4.79 Å². The number of hydrogen-bond acceptors (Lipinski definition) is 1. The lowest BCUT2D eigenvalue weighted by Gasteiger charge is -2.67. The second kappa shape index (κ2) is 2.65. The van der Waals surface area contributed by atoms with Crippen LogP contribution in [0.15, 0.2) is 0 Å². The van der Waals surface area contributed by atoms with Crippen molar-refractivity contribution < 1.29 is 9.90 Å². The molecule has 0 aliphatic heterocycles. The average molecular weight is 222 g/mol. The van der Waals surface area contributed by atoms with E-state index in [2.05, 4.69) is 20.8 Å². The third-order valence-electron chi connectivity index (χ3n) is 6.06. The van der Waals surface area contributed by atoms with Crippen LogP contribution < -0.4 is 0 Å². The maximum Gasteiger partial charge on any atom is 0.309 e. The molecule has 0 heterocycles. The second-order valence-electron chi connectivity index (χ2n) is 7.48. The molecule has 4 saturated carbocycles. The van der Waals surface area contributed by atoms with Gasteiger partial charge in [0.25, 0.3) is 0 Å². The molecule has 0 amide bonds. The molecule has 0 saturated heterocycles. The number of carboxylic acid groups (broad SMARTS) is 1. The quantitative estimate of drug-likeness (QED) is 0.739. The summed E-state index contributed by atoms with van der Waals surface area (Å²) in [5.74, 6) is 0.494. The van der Waals surface area contributed by atoms with Gasteiger partial charge in [-0.15, -0.1) is 0 Å². The predicted octanol–water partition coefficient (Wildman–Crippen LogP) is 3.31. The van der Waals surface area contributed by atoms with Gasteiger partial charge < -0.3 is 5.11 Å². The van der Waals surface area contributed by atoms with Gasteiger partial charge in [-0.1, -0.05) is 20.8 Å². The summed E-state index contributed by atoms with van der Waals surface area (Å²) >= 11 is 0. The van der Waals surface area contributed by atoms with E-state index in [1.54, 1.807) is 0 Å². The molecule has 0 radical (unpaired) electrons. The standard InChI is InChI=1S/C14H22O2/c1-9-13(3)5-10-4-12(2,7-13)8-14(9,6-10)11(15)16/h9-10H,4-8H2,1-3H3,(H,15,16). The average Bonchev–Trinajstić information content (AvgIpc) is 2.10. The summed E-state index contributed by atoms with van der Waals surface area (Å²) in [5, 5.41) is 9.68. The van der Waals surface area contributed by atoms with Gasteiger partial charge in [0, 0.05) is 0 Å². The molecule has 16 heavy (non-hydrogen) atoms. The van der Waals surface area contributed by atoms with E-state index in [0.717, 1.165) is 12.8 Å². The molecule has 0 spiro atoms. The van der Waals surface area contributed by atoms with E-state index < -0.39 is 11.4 Å². The summed E-state index contributed by atoms with van der Waals surface area (Å²) < 4.78 is 0. The van der Waals surface area contributed by atoms with Crippen molar-refractivity contribution in [2.45, 2.75) is 52.9 Å². The Morgan fingerprint density at radius 3 is 2.44 bits per heavy atom. The topological polar surface area (TPSA) is 37.3 Å². The lowest BCUT2D eigenvalue weighted by molar-refractivity contribution is -0.208. The summed E-state index contributed by atoms with van der Waals surface area (Å²) in [6.07, 6.45) is 5.63. The minimum atomic E-state index is -0.526. The van der Waals surface area contributed by atoms with Crippen molar-refractivity contribution >= 4 is 5.97 Å². The van der Waals surface area contributed by atoms with Crippen LogP contribution in [-0.4, -0.2) is 11.1 Å². The van der Waals surface area contributed by atoms with E-state index in [1.165, 1.54) is 19.3 Å². The highest BCUT2D eigenvalue weighted by Crippen LogP contribution is 2.71. The van der Waals surface area contributed by atoms with Crippen molar-refractivity contribution in [1.29, 1.82) is 0 Å². The van der Waals surface area contributed by atoms with Crippen LogP contribution in [0.4, 0.5) is 0 Å². The Morgan fingerprint density at radius 1 is 1.19 bits per heavy atom. The van der Waals surface area contributed by atoms with Gasteiger partial charge in [-0.05, 0) is 54.8 Å². The van der Waals surface area contributed by atoms with E-state index >= 15 is 0 Å². The minimum Gasteiger partial charge on any atom is -0.481 e. The van der Waals surface area contributed by atoms with Crippen LogP contribution in [0.1, 0.15) is 52.9 Å². The summed E-state index contributed by atoms with van der Waals surface area (Å²) in [6.45, 7) is 6.84. The molecule has 1 N–H and O–H groups in total. The summed E-state index contributed by atoms with van der Waals surface area (Å²) in [4.78, 5) is 11.7. The zero-order chi connectivity index (χ0) is 11.8. The van der Waals surface area contributed by atoms with Crippen LogP contribution in [0.3, 0.4) is 0 Å². The fraction of sp³-hybridized carbons (Fsp3) is 0.929. The van der Waals surface area contributed by atoms with Gasteiger partial charge in [-0.25, -0.2) is 0 Å². The summed E-state index contributed by atoms with van der Waals surface area (Å²) in [6, 6.07) is 0. The third kappa shape index (κ3) is 1.06. The van der Waals surface area contributed by atoms with Crippen LogP contribution >= 0.6 is 0 Å². The Labute approximate surface area is 97.4 Å². The third-order valence-corrected chi connectivity index (χ3v) is 6.06. The molecule has 5 unspecified atom stereocenters. The maximum absolute atomic E-state index is 11.7. The molecule has 5 atom stereocenters. The van der Waals surface area contributed by atoms with Gasteiger partial charge in [-0.3, -0.25) is 4.79 Å². The largest absolute Gasteiger partial charge is 0.481 e. The van der Waals surface area contributed by atoms with E-state index in [4.69, 9.17) is 0 Å². The van der Waals surface area contributed by atoms with Gasteiger partial charge in [0.2, 0.25) is 0 Å². The minimum absolute atomic E-state index is 0.284. The second-order valence-corrected chi connectivity index (χ2v) is 7.48. The number of carbonyl (C=O) groups is 1. The Morgan fingerprint density at radius 2 is 1.88 bits per heavy atom. The van der Waals surface area contributed by atoms with E-state index in [9.17, 15) is 9.90 Å². The molecular weight excluding hydrogens is 200 g/mol. The van der Waals surface area contributed by atoms with Gasteiger partial charge in [0.1, 0.15) is 0 Å². The molecule has 4 aliphatic rings. The monoisotopic (exact) mass is 222 g/mol. The van der Waals surface area contributed by atoms with Crippen molar-refractivity contribution in [3.05, 3.63) is 0 Å². The Balaban J connectivity index is 2.11. The molecule has 2 nitrogen and oxygen atoms in total. The molecule has 0 aromatic carbocycles. The van der Waals surface area contributed by atoms with Crippen LogP contribution in [0.5, 0.6) is 0 Å². The molecular formula is C14H22O2. The van der Waals surface area contributed by atoms with Crippen LogP contribution in [0.2, 0.25) is 0 Å². The highest BCUT2D eigenvalue weighted by Gasteiger charge is 2.66. The molecule has 0 aromatic heterocycles. The molecule has 4 fully saturated rings. The van der Waals surface area contributed by atoms with Gasteiger partial charge in [0.05, 0.1) is 5.41 Å². The van der Waals surface area contributed by atoms with Crippen molar-refractivity contribution in [2.75, 3.05) is 0 Å².